The Bertz CT molecular complexity index is 787. The van der Waals surface area contributed by atoms with E-state index in [-0.39, 0.29) is 24.7 Å². The molecule has 8 heteroatoms. The Balaban J connectivity index is 1.85. The Kier molecular flexibility index (Phi) is 6.74. The van der Waals surface area contributed by atoms with Gasteiger partial charge >= 0.3 is 12.6 Å². The Hall–Kier alpha value is -3.34. The summed E-state index contributed by atoms with van der Waals surface area (Å²) in [5, 5.41) is 8.70. The fourth-order valence-corrected chi connectivity index (χ4v) is 1.97. The second-order valence-electron chi connectivity index (χ2n) is 4.95. The van der Waals surface area contributed by atoms with E-state index in [4.69, 9.17) is 19.5 Å². The van der Waals surface area contributed by atoms with Gasteiger partial charge in [-0.1, -0.05) is 6.07 Å². The predicted octanol–water partition coefficient (Wildman–Crippen LogP) is 3.29. The molecule has 0 aliphatic carbocycles. The second-order valence-corrected chi connectivity index (χ2v) is 4.95. The number of halogens is 2. The van der Waals surface area contributed by atoms with Crippen molar-refractivity contribution >= 4 is 5.97 Å². The lowest BCUT2D eigenvalue weighted by molar-refractivity contribution is -0.147. The zero-order chi connectivity index (χ0) is 18.9. The maximum absolute atomic E-state index is 12.3. The minimum atomic E-state index is -2.97. The second kappa shape index (κ2) is 9.22. The zero-order valence-electron chi connectivity index (χ0n) is 13.8. The highest BCUT2D eigenvalue weighted by Crippen LogP contribution is 2.29. The molecule has 2 aromatic rings. The van der Waals surface area contributed by atoms with E-state index in [0.29, 0.717) is 16.9 Å². The maximum atomic E-state index is 12.3. The molecule has 0 saturated carbocycles. The molecule has 0 aliphatic heterocycles. The van der Waals surface area contributed by atoms with Crippen molar-refractivity contribution in [3.05, 3.63) is 53.6 Å². The van der Waals surface area contributed by atoms with Crippen LogP contribution in [0.3, 0.4) is 0 Å². The molecule has 0 saturated heterocycles. The van der Waals surface area contributed by atoms with Gasteiger partial charge in [-0.3, -0.25) is 0 Å². The van der Waals surface area contributed by atoms with Crippen LogP contribution in [-0.2, 0) is 16.1 Å². The minimum absolute atomic E-state index is 0.0825. The Morgan fingerprint density at radius 3 is 2.50 bits per heavy atom. The summed E-state index contributed by atoms with van der Waals surface area (Å²) in [4.78, 5) is 11.7. The number of esters is 1. The molecule has 0 N–H and O–H groups in total. The molecule has 0 heterocycles. The van der Waals surface area contributed by atoms with Crippen molar-refractivity contribution in [3.8, 4) is 23.3 Å². The van der Waals surface area contributed by atoms with E-state index in [1.54, 1.807) is 24.3 Å². The number of nitriles is 1. The SMILES string of the molecule is COc1cc(COC(=O)COc2ccc(C#N)cc2)ccc1OC(F)F. The number of carbonyl (C=O) groups is 1. The Labute approximate surface area is 148 Å². The van der Waals surface area contributed by atoms with Crippen LogP contribution < -0.4 is 14.2 Å². The van der Waals surface area contributed by atoms with Crippen molar-refractivity contribution in [2.45, 2.75) is 13.2 Å². The number of hydrogen-bond donors (Lipinski definition) is 0. The molecule has 0 unspecified atom stereocenters. The van der Waals surface area contributed by atoms with E-state index < -0.39 is 12.6 Å². The summed E-state index contributed by atoms with van der Waals surface area (Å²) in [6.07, 6.45) is 0. The smallest absolute Gasteiger partial charge is 0.387 e. The first-order chi connectivity index (χ1) is 12.5. The number of nitrogens with zero attached hydrogens (tertiary/aromatic N) is 1. The molecule has 2 aromatic carbocycles. The Morgan fingerprint density at radius 2 is 1.88 bits per heavy atom. The summed E-state index contributed by atoms with van der Waals surface area (Å²) in [6.45, 7) is -3.36. The highest BCUT2D eigenvalue weighted by molar-refractivity contribution is 5.71. The molecule has 0 amide bonds. The van der Waals surface area contributed by atoms with Gasteiger partial charge in [0.05, 0.1) is 18.7 Å². The molecule has 0 aliphatic rings. The van der Waals surface area contributed by atoms with Crippen molar-refractivity contribution in [1.82, 2.24) is 0 Å². The van der Waals surface area contributed by atoms with Crippen LogP contribution in [0.25, 0.3) is 0 Å². The van der Waals surface area contributed by atoms with E-state index in [2.05, 4.69) is 4.74 Å². The quantitative estimate of drug-likeness (QED) is 0.670. The molecular weight excluding hydrogens is 348 g/mol. The summed E-state index contributed by atoms with van der Waals surface area (Å²) < 4.78 is 44.2. The lowest BCUT2D eigenvalue weighted by atomic mass is 10.2. The molecule has 6 nitrogen and oxygen atoms in total. The molecule has 0 atom stereocenters. The van der Waals surface area contributed by atoms with Gasteiger partial charge in [0.1, 0.15) is 12.4 Å². The summed E-state index contributed by atoms with van der Waals surface area (Å²) >= 11 is 0. The third-order valence-corrected chi connectivity index (χ3v) is 3.18. The number of alkyl halides is 2. The standard InChI is InChI=1S/C18H15F2NO5/c1-23-16-8-13(4-7-15(16)26-18(19)20)10-25-17(22)11-24-14-5-2-12(9-21)3-6-14/h2-8,18H,10-11H2,1H3. The average Bonchev–Trinajstić information content (AvgIpc) is 2.65. The van der Waals surface area contributed by atoms with E-state index in [0.717, 1.165) is 0 Å². The van der Waals surface area contributed by atoms with Gasteiger partial charge in [0.2, 0.25) is 0 Å². The van der Waals surface area contributed by atoms with Gasteiger partial charge in [0.15, 0.2) is 18.1 Å². The van der Waals surface area contributed by atoms with Crippen LogP contribution in [0.1, 0.15) is 11.1 Å². The number of hydrogen-bond acceptors (Lipinski definition) is 6. The van der Waals surface area contributed by atoms with Crippen LogP contribution in [0.5, 0.6) is 17.2 Å². The van der Waals surface area contributed by atoms with Crippen LogP contribution >= 0.6 is 0 Å². The Morgan fingerprint density at radius 1 is 1.15 bits per heavy atom. The predicted molar refractivity (Wildman–Crippen MR) is 86.1 cm³/mol. The van der Waals surface area contributed by atoms with Gasteiger partial charge < -0.3 is 18.9 Å². The van der Waals surface area contributed by atoms with Crippen LogP contribution in [0.2, 0.25) is 0 Å². The third kappa shape index (κ3) is 5.63. The van der Waals surface area contributed by atoms with E-state index >= 15 is 0 Å². The first kappa shape index (κ1) is 19.0. The highest BCUT2D eigenvalue weighted by Gasteiger charge is 2.12. The summed E-state index contributed by atoms with van der Waals surface area (Å²) in [7, 11) is 1.31. The third-order valence-electron chi connectivity index (χ3n) is 3.18. The zero-order valence-corrected chi connectivity index (χ0v) is 13.8. The van der Waals surface area contributed by atoms with E-state index in [1.807, 2.05) is 6.07 Å². The summed E-state index contributed by atoms with van der Waals surface area (Å²) in [6, 6.07) is 12.5. The van der Waals surface area contributed by atoms with Crippen molar-refractivity contribution in [2.75, 3.05) is 13.7 Å². The molecule has 136 valence electrons. The van der Waals surface area contributed by atoms with Gasteiger partial charge in [-0.05, 0) is 42.0 Å². The normalized spacial score (nSPS) is 10.1. The maximum Gasteiger partial charge on any atom is 0.387 e. The number of carbonyl (C=O) groups excluding carboxylic acids is 1. The monoisotopic (exact) mass is 363 g/mol. The fraction of sp³-hybridized carbons (Fsp3) is 0.222. The van der Waals surface area contributed by atoms with Crippen LogP contribution in [-0.4, -0.2) is 26.3 Å². The number of methoxy groups -OCH3 is 1. The topological polar surface area (TPSA) is 77.8 Å². The van der Waals surface area contributed by atoms with E-state index in [9.17, 15) is 13.6 Å². The molecular formula is C18H15F2NO5. The number of rotatable bonds is 8. The number of benzene rings is 2. The first-order valence-corrected chi connectivity index (χ1v) is 7.42. The average molecular weight is 363 g/mol. The van der Waals surface area contributed by atoms with Gasteiger partial charge in [-0.2, -0.15) is 14.0 Å². The van der Waals surface area contributed by atoms with Crippen molar-refractivity contribution in [3.63, 3.8) is 0 Å². The minimum Gasteiger partial charge on any atom is -0.493 e. The van der Waals surface area contributed by atoms with Crippen LogP contribution in [0.4, 0.5) is 8.78 Å². The van der Waals surface area contributed by atoms with Crippen LogP contribution in [0, 0.1) is 11.3 Å². The lowest BCUT2D eigenvalue weighted by Crippen LogP contribution is -2.14. The molecule has 0 bridgehead atoms. The molecule has 0 radical (unpaired) electrons. The van der Waals surface area contributed by atoms with Crippen LogP contribution in [0.15, 0.2) is 42.5 Å². The lowest BCUT2D eigenvalue weighted by Gasteiger charge is -2.12. The van der Waals surface area contributed by atoms with Crippen molar-refractivity contribution in [2.24, 2.45) is 0 Å². The first-order valence-electron chi connectivity index (χ1n) is 7.42. The van der Waals surface area contributed by atoms with Crippen molar-refractivity contribution < 1.29 is 32.5 Å². The van der Waals surface area contributed by atoms with E-state index in [1.165, 1.54) is 25.3 Å². The molecule has 0 fully saturated rings. The fourth-order valence-electron chi connectivity index (χ4n) is 1.97. The van der Waals surface area contributed by atoms with Gasteiger partial charge in [0, 0.05) is 0 Å². The van der Waals surface area contributed by atoms with Gasteiger partial charge in [0.25, 0.3) is 0 Å². The summed E-state index contributed by atoms with van der Waals surface area (Å²) in [5.41, 5.74) is 1.02. The molecule has 26 heavy (non-hydrogen) atoms. The molecule has 0 aromatic heterocycles. The van der Waals surface area contributed by atoms with Crippen molar-refractivity contribution in [1.29, 1.82) is 5.26 Å². The summed E-state index contributed by atoms with van der Waals surface area (Å²) in [5.74, 6) is -0.188. The van der Waals surface area contributed by atoms with Gasteiger partial charge in [-0.15, -0.1) is 0 Å². The number of ether oxygens (including phenoxy) is 4. The largest absolute Gasteiger partial charge is 0.493 e. The molecule has 2 rings (SSSR count). The van der Waals surface area contributed by atoms with Gasteiger partial charge in [-0.25, -0.2) is 4.79 Å². The highest BCUT2D eigenvalue weighted by atomic mass is 19.3. The molecule has 0 spiro atoms.